The first kappa shape index (κ1) is 19.3. The van der Waals surface area contributed by atoms with Gasteiger partial charge in [0.1, 0.15) is 5.76 Å². The third-order valence-corrected chi connectivity index (χ3v) is 5.80. The summed E-state index contributed by atoms with van der Waals surface area (Å²) in [4.78, 5) is 4.65. The zero-order valence-corrected chi connectivity index (χ0v) is 18.1. The maximum Gasteiger partial charge on any atom is 0.247 e. The molecular formula is C20H21BrN4O2S. The fraction of sp³-hybridized carbons (Fsp3) is 0.350. The molecular weight excluding hydrogens is 440 g/mol. The van der Waals surface area contributed by atoms with Crippen LogP contribution in [-0.4, -0.2) is 20.9 Å². The number of hydrogen-bond donors (Lipinski definition) is 1. The Kier molecular flexibility index (Phi) is 5.87. The molecule has 1 aliphatic rings. The van der Waals surface area contributed by atoms with E-state index in [1.807, 2.05) is 37.3 Å². The van der Waals surface area contributed by atoms with Crippen molar-refractivity contribution in [3.05, 3.63) is 46.3 Å². The molecule has 28 heavy (non-hydrogen) atoms. The molecule has 0 spiro atoms. The van der Waals surface area contributed by atoms with Crippen LogP contribution in [0.1, 0.15) is 43.9 Å². The first-order valence-corrected chi connectivity index (χ1v) is 11.1. The van der Waals surface area contributed by atoms with Crippen LogP contribution < -0.4 is 10.1 Å². The predicted octanol–water partition coefficient (Wildman–Crippen LogP) is 5.99. The van der Waals surface area contributed by atoms with Crippen molar-refractivity contribution in [2.45, 2.75) is 44.5 Å². The Labute approximate surface area is 176 Å². The highest BCUT2D eigenvalue weighted by atomic mass is 79.9. The van der Waals surface area contributed by atoms with Crippen molar-refractivity contribution in [3.8, 4) is 17.1 Å². The highest BCUT2D eigenvalue weighted by Crippen LogP contribution is 2.41. The van der Waals surface area contributed by atoms with E-state index in [1.54, 1.807) is 11.8 Å². The summed E-state index contributed by atoms with van der Waals surface area (Å²) in [5.74, 6) is 2.94. The van der Waals surface area contributed by atoms with Gasteiger partial charge in [0.25, 0.3) is 0 Å². The smallest absolute Gasteiger partial charge is 0.247 e. The Balaban J connectivity index is 1.70. The number of furan rings is 1. The number of benzene rings is 1. The average Bonchev–Trinajstić information content (AvgIpc) is 3.05. The van der Waals surface area contributed by atoms with Crippen molar-refractivity contribution in [3.63, 3.8) is 0 Å². The molecule has 0 aliphatic carbocycles. The number of unbranched alkanes of at least 4 members (excludes halogenated alkanes) is 2. The Morgan fingerprint density at radius 1 is 1.18 bits per heavy atom. The largest absolute Gasteiger partial charge is 0.460 e. The SMILES string of the molecule is CCCCCSc1nnc2c(n1)O[C@H](c1ccc(C)o1)Nc1ccc(Br)cc1-2. The third kappa shape index (κ3) is 4.17. The number of aromatic nitrogens is 3. The number of nitrogens with zero attached hydrogens (tertiary/aromatic N) is 3. The average molecular weight is 461 g/mol. The number of hydrogen-bond acceptors (Lipinski definition) is 7. The molecule has 0 bridgehead atoms. The molecule has 3 heterocycles. The van der Waals surface area contributed by atoms with E-state index in [1.165, 1.54) is 12.8 Å². The topological polar surface area (TPSA) is 73.1 Å². The van der Waals surface area contributed by atoms with E-state index in [-0.39, 0.29) is 0 Å². The van der Waals surface area contributed by atoms with Gasteiger partial charge >= 0.3 is 0 Å². The monoisotopic (exact) mass is 460 g/mol. The number of halogens is 1. The molecule has 1 aromatic carbocycles. The molecule has 6 nitrogen and oxygen atoms in total. The summed E-state index contributed by atoms with van der Waals surface area (Å²) >= 11 is 5.14. The van der Waals surface area contributed by atoms with E-state index < -0.39 is 6.23 Å². The van der Waals surface area contributed by atoms with Crippen LogP contribution in [0.4, 0.5) is 5.69 Å². The lowest BCUT2D eigenvalue weighted by molar-refractivity contribution is 0.194. The quantitative estimate of drug-likeness (QED) is 0.357. The number of aryl methyl sites for hydroxylation is 1. The lowest BCUT2D eigenvalue weighted by Crippen LogP contribution is -2.16. The fourth-order valence-corrected chi connectivity index (χ4v) is 4.11. The van der Waals surface area contributed by atoms with E-state index in [4.69, 9.17) is 9.15 Å². The second-order valence-corrected chi connectivity index (χ2v) is 8.56. The molecule has 0 radical (unpaired) electrons. The first-order valence-electron chi connectivity index (χ1n) is 9.31. The molecule has 3 aromatic rings. The number of thioether (sulfide) groups is 1. The zero-order valence-electron chi connectivity index (χ0n) is 15.7. The summed E-state index contributed by atoms with van der Waals surface area (Å²) in [5, 5.41) is 12.8. The highest BCUT2D eigenvalue weighted by molar-refractivity contribution is 9.10. The molecule has 1 aliphatic heterocycles. The van der Waals surface area contributed by atoms with Crippen molar-refractivity contribution < 1.29 is 9.15 Å². The highest BCUT2D eigenvalue weighted by Gasteiger charge is 2.28. The Morgan fingerprint density at radius 2 is 2.07 bits per heavy atom. The maximum atomic E-state index is 6.20. The van der Waals surface area contributed by atoms with E-state index in [0.717, 1.165) is 33.7 Å². The molecule has 1 atom stereocenters. The summed E-state index contributed by atoms with van der Waals surface area (Å²) in [6, 6.07) is 9.77. The maximum absolute atomic E-state index is 6.20. The summed E-state index contributed by atoms with van der Waals surface area (Å²) < 4.78 is 12.9. The Bertz CT molecular complexity index is 979. The van der Waals surface area contributed by atoms with Crippen molar-refractivity contribution in [2.75, 3.05) is 11.1 Å². The molecule has 4 rings (SSSR count). The number of fused-ring (bicyclic) bond motifs is 3. The standard InChI is InChI=1S/C20H21BrN4O2S/c1-3-4-5-10-28-20-23-19-17(24-25-20)14-11-13(21)7-8-15(14)22-18(27-19)16-9-6-12(2)26-16/h6-9,11,18,22H,3-5,10H2,1-2H3/t18-/m1/s1. The number of ether oxygens (including phenoxy) is 1. The van der Waals surface area contributed by atoms with Crippen molar-refractivity contribution in [1.29, 1.82) is 0 Å². The lowest BCUT2D eigenvalue weighted by atomic mass is 10.1. The minimum Gasteiger partial charge on any atom is -0.460 e. The minimum absolute atomic E-state index is 0.455. The number of rotatable bonds is 6. The van der Waals surface area contributed by atoms with Gasteiger partial charge < -0.3 is 14.5 Å². The fourth-order valence-electron chi connectivity index (χ4n) is 2.97. The molecule has 8 heteroatoms. The number of anilines is 1. The van der Waals surface area contributed by atoms with Crippen LogP contribution in [0.15, 0.2) is 44.4 Å². The molecule has 0 fully saturated rings. The van der Waals surface area contributed by atoms with Crippen LogP contribution in [0.2, 0.25) is 0 Å². The van der Waals surface area contributed by atoms with Gasteiger partial charge in [-0.2, -0.15) is 4.98 Å². The van der Waals surface area contributed by atoms with Gasteiger partial charge in [-0.1, -0.05) is 47.5 Å². The summed E-state index contributed by atoms with van der Waals surface area (Å²) in [5.41, 5.74) is 2.39. The first-order chi connectivity index (χ1) is 13.6. The van der Waals surface area contributed by atoms with Crippen LogP contribution in [0.25, 0.3) is 11.3 Å². The van der Waals surface area contributed by atoms with Crippen LogP contribution >= 0.6 is 27.7 Å². The molecule has 146 valence electrons. The third-order valence-electron chi connectivity index (χ3n) is 4.39. The molecule has 2 aromatic heterocycles. The van der Waals surface area contributed by atoms with E-state index in [9.17, 15) is 0 Å². The van der Waals surface area contributed by atoms with Gasteiger partial charge in [-0.15, -0.1) is 10.2 Å². The normalized spacial score (nSPS) is 15.2. The van der Waals surface area contributed by atoms with Crippen LogP contribution in [-0.2, 0) is 0 Å². The van der Waals surface area contributed by atoms with Gasteiger partial charge in [0, 0.05) is 21.5 Å². The molecule has 0 unspecified atom stereocenters. The van der Waals surface area contributed by atoms with Gasteiger partial charge in [0.15, 0.2) is 11.5 Å². The Hall–Kier alpha value is -2.06. The molecule has 0 saturated heterocycles. The molecule has 1 N–H and O–H groups in total. The molecule has 0 amide bonds. The van der Waals surface area contributed by atoms with Gasteiger partial charge in [-0.3, -0.25) is 0 Å². The Morgan fingerprint density at radius 3 is 2.86 bits per heavy atom. The summed E-state index contributed by atoms with van der Waals surface area (Å²) in [6.07, 6.45) is 3.03. The predicted molar refractivity (Wildman–Crippen MR) is 114 cm³/mol. The number of nitrogens with one attached hydrogen (secondary N) is 1. The van der Waals surface area contributed by atoms with Crippen LogP contribution in [0.5, 0.6) is 5.88 Å². The van der Waals surface area contributed by atoms with E-state index in [0.29, 0.717) is 22.5 Å². The van der Waals surface area contributed by atoms with E-state index in [2.05, 4.69) is 43.4 Å². The van der Waals surface area contributed by atoms with Gasteiger partial charge in [-0.05, 0) is 43.7 Å². The molecule has 0 saturated carbocycles. The van der Waals surface area contributed by atoms with Crippen LogP contribution in [0.3, 0.4) is 0 Å². The van der Waals surface area contributed by atoms with Gasteiger partial charge in [0.2, 0.25) is 17.3 Å². The summed E-state index contributed by atoms with van der Waals surface area (Å²) in [6.45, 7) is 4.10. The van der Waals surface area contributed by atoms with Crippen molar-refractivity contribution in [1.82, 2.24) is 15.2 Å². The van der Waals surface area contributed by atoms with Crippen LogP contribution in [0, 0.1) is 6.92 Å². The second kappa shape index (κ2) is 8.53. The minimum atomic E-state index is -0.496. The van der Waals surface area contributed by atoms with Gasteiger partial charge in [0.05, 0.1) is 0 Å². The van der Waals surface area contributed by atoms with Crippen molar-refractivity contribution in [2.24, 2.45) is 0 Å². The zero-order chi connectivity index (χ0) is 19.5. The van der Waals surface area contributed by atoms with Crippen molar-refractivity contribution >= 4 is 33.4 Å². The van der Waals surface area contributed by atoms with Gasteiger partial charge in [-0.25, -0.2) is 0 Å². The second-order valence-electron chi connectivity index (χ2n) is 6.58. The summed E-state index contributed by atoms with van der Waals surface area (Å²) in [7, 11) is 0. The van der Waals surface area contributed by atoms with E-state index >= 15 is 0 Å². The lowest BCUT2D eigenvalue weighted by Gasteiger charge is -2.16.